The molecule has 0 aliphatic carbocycles. The molecule has 0 radical (unpaired) electrons. The molecule has 0 heterocycles. The van der Waals surface area contributed by atoms with Crippen molar-refractivity contribution in [3.8, 4) is 0 Å². The minimum Gasteiger partial charge on any atom is -0.460 e. The largest absolute Gasteiger partial charge is 0.460 e. The normalized spacial score (nSPS) is 13.5. The van der Waals surface area contributed by atoms with E-state index in [4.69, 9.17) is 13.8 Å². The standard InChI is InChI=1S/C24H50NO5P/c1-5-6-7-8-9-10-11-12-13-14-15-16-17-18-19-24(30-23(2)26)22-29-31(27)28-21-20-25(3)4/h24,27H,5-22H2,1-4H3. The maximum atomic E-state index is 11.3. The van der Waals surface area contributed by atoms with Gasteiger partial charge in [0.2, 0.25) is 0 Å². The number of carbonyl (C=O) groups is 1. The minimum atomic E-state index is -1.92. The molecule has 2 atom stereocenters. The molecule has 0 aromatic carbocycles. The fourth-order valence-electron chi connectivity index (χ4n) is 3.46. The second-order valence-corrected chi connectivity index (χ2v) is 9.78. The molecule has 0 amide bonds. The molecule has 31 heavy (non-hydrogen) atoms. The molecule has 186 valence electrons. The highest BCUT2D eigenvalue weighted by Crippen LogP contribution is 2.33. The van der Waals surface area contributed by atoms with Crippen molar-refractivity contribution >= 4 is 14.6 Å². The molecule has 0 aliphatic rings. The Hall–Kier alpha value is -0.260. The maximum Gasteiger partial charge on any atom is 0.330 e. The summed E-state index contributed by atoms with van der Waals surface area (Å²) in [4.78, 5) is 23.1. The Morgan fingerprint density at radius 1 is 0.839 bits per heavy atom. The fourth-order valence-corrected chi connectivity index (χ4v) is 4.07. The number of carbonyl (C=O) groups excluding carboxylic acids is 1. The fraction of sp³-hybridized carbons (Fsp3) is 0.958. The van der Waals surface area contributed by atoms with Gasteiger partial charge in [-0.05, 0) is 26.9 Å². The number of rotatable bonds is 23. The number of likely N-dealkylation sites (N-methyl/N-ethyl adjacent to an activating group) is 1. The van der Waals surface area contributed by atoms with Gasteiger partial charge in [0, 0.05) is 13.5 Å². The molecule has 0 saturated heterocycles. The van der Waals surface area contributed by atoms with Gasteiger partial charge in [0.15, 0.2) is 0 Å². The molecular weight excluding hydrogens is 413 g/mol. The first kappa shape index (κ1) is 30.7. The van der Waals surface area contributed by atoms with Gasteiger partial charge in [0.1, 0.15) is 6.10 Å². The quantitative estimate of drug-likeness (QED) is 0.105. The first-order valence-corrected chi connectivity index (χ1v) is 13.7. The summed E-state index contributed by atoms with van der Waals surface area (Å²) >= 11 is 0. The van der Waals surface area contributed by atoms with Crippen LogP contribution in [0.15, 0.2) is 0 Å². The summed E-state index contributed by atoms with van der Waals surface area (Å²) in [7, 11) is 1.96. The molecule has 0 rings (SSSR count). The smallest absolute Gasteiger partial charge is 0.330 e. The molecule has 0 saturated carbocycles. The Balaban J connectivity index is 3.64. The number of ether oxygens (including phenoxy) is 1. The molecule has 0 aliphatic heterocycles. The van der Waals surface area contributed by atoms with Crippen molar-refractivity contribution in [3.05, 3.63) is 0 Å². The summed E-state index contributed by atoms with van der Waals surface area (Å²) < 4.78 is 15.9. The average molecular weight is 464 g/mol. The summed E-state index contributed by atoms with van der Waals surface area (Å²) in [6.45, 7) is 4.99. The average Bonchev–Trinajstić information content (AvgIpc) is 2.71. The highest BCUT2D eigenvalue weighted by atomic mass is 31.2. The van der Waals surface area contributed by atoms with Crippen molar-refractivity contribution in [2.45, 2.75) is 116 Å². The van der Waals surface area contributed by atoms with Crippen molar-refractivity contribution in [2.75, 3.05) is 33.9 Å². The Kier molecular flexibility index (Phi) is 22.7. The Morgan fingerprint density at radius 2 is 1.32 bits per heavy atom. The number of hydrogen-bond acceptors (Lipinski definition) is 6. The zero-order chi connectivity index (χ0) is 23.2. The molecule has 0 aromatic heterocycles. The van der Waals surface area contributed by atoms with Crippen molar-refractivity contribution in [3.63, 3.8) is 0 Å². The second kappa shape index (κ2) is 22.9. The van der Waals surface area contributed by atoms with Gasteiger partial charge >= 0.3 is 14.6 Å². The second-order valence-electron chi connectivity index (χ2n) is 8.79. The van der Waals surface area contributed by atoms with Gasteiger partial charge in [-0.15, -0.1) is 0 Å². The topological polar surface area (TPSA) is 68.2 Å². The summed E-state index contributed by atoms with van der Waals surface area (Å²) in [5.74, 6) is -0.310. The minimum absolute atomic E-state index is 0.183. The van der Waals surface area contributed by atoms with Gasteiger partial charge in [-0.2, -0.15) is 0 Å². The zero-order valence-corrected chi connectivity index (χ0v) is 21.7. The van der Waals surface area contributed by atoms with Gasteiger partial charge in [-0.3, -0.25) is 4.79 Å². The highest BCUT2D eigenvalue weighted by molar-refractivity contribution is 7.40. The molecule has 1 N–H and O–H groups in total. The van der Waals surface area contributed by atoms with Gasteiger partial charge < -0.3 is 23.6 Å². The van der Waals surface area contributed by atoms with Crippen LogP contribution >= 0.6 is 8.60 Å². The molecular formula is C24H50NO5P. The van der Waals surface area contributed by atoms with E-state index >= 15 is 0 Å². The lowest BCUT2D eigenvalue weighted by Gasteiger charge is -2.19. The van der Waals surface area contributed by atoms with Crippen LogP contribution in [0.3, 0.4) is 0 Å². The molecule has 2 unspecified atom stereocenters. The lowest BCUT2D eigenvalue weighted by molar-refractivity contribution is -0.148. The van der Waals surface area contributed by atoms with E-state index in [2.05, 4.69) is 6.92 Å². The van der Waals surface area contributed by atoms with E-state index in [1.165, 1.54) is 84.0 Å². The van der Waals surface area contributed by atoms with Crippen LogP contribution in [0.4, 0.5) is 0 Å². The number of nitrogens with zero attached hydrogens (tertiary/aromatic N) is 1. The van der Waals surface area contributed by atoms with E-state index in [9.17, 15) is 9.69 Å². The molecule has 0 spiro atoms. The summed E-state index contributed by atoms with van der Waals surface area (Å²) in [5, 5.41) is 0. The summed E-state index contributed by atoms with van der Waals surface area (Å²) in [5.41, 5.74) is 0. The van der Waals surface area contributed by atoms with Crippen molar-refractivity contribution in [1.29, 1.82) is 0 Å². The van der Waals surface area contributed by atoms with Gasteiger partial charge in [0.25, 0.3) is 0 Å². The van der Waals surface area contributed by atoms with E-state index < -0.39 is 8.60 Å². The van der Waals surface area contributed by atoms with Gasteiger partial charge in [0.05, 0.1) is 13.2 Å². The zero-order valence-electron chi connectivity index (χ0n) is 20.8. The van der Waals surface area contributed by atoms with Crippen LogP contribution in [0.2, 0.25) is 0 Å². The van der Waals surface area contributed by atoms with Crippen LogP contribution in [-0.2, 0) is 18.6 Å². The first-order valence-electron chi connectivity index (χ1n) is 12.5. The van der Waals surface area contributed by atoms with Crippen molar-refractivity contribution < 1.29 is 23.5 Å². The van der Waals surface area contributed by atoms with E-state index in [1.807, 2.05) is 19.0 Å². The highest BCUT2D eigenvalue weighted by Gasteiger charge is 2.16. The lowest BCUT2D eigenvalue weighted by Crippen LogP contribution is -2.22. The van der Waals surface area contributed by atoms with Crippen molar-refractivity contribution in [2.24, 2.45) is 0 Å². The first-order chi connectivity index (χ1) is 15.0. The number of unbranched alkanes of at least 4 members (excludes halogenated alkanes) is 13. The Labute approximate surface area is 193 Å². The summed E-state index contributed by atoms with van der Waals surface area (Å²) in [6.07, 6.45) is 18.9. The van der Waals surface area contributed by atoms with Crippen LogP contribution in [0.1, 0.15) is 110 Å². The third-order valence-electron chi connectivity index (χ3n) is 5.32. The van der Waals surface area contributed by atoms with Crippen LogP contribution in [0.5, 0.6) is 0 Å². The van der Waals surface area contributed by atoms with E-state index in [0.717, 1.165) is 25.8 Å². The predicted octanol–water partition coefficient (Wildman–Crippen LogP) is 6.60. The van der Waals surface area contributed by atoms with Crippen LogP contribution in [-0.4, -0.2) is 55.7 Å². The third-order valence-corrected chi connectivity index (χ3v) is 6.10. The molecule has 6 nitrogen and oxygen atoms in total. The van der Waals surface area contributed by atoms with Crippen LogP contribution in [0.25, 0.3) is 0 Å². The maximum absolute atomic E-state index is 11.3. The van der Waals surface area contributed by atoms with Gasteiger partial charge in [-0.25, -0.2) is 0 Å². The van der Waals surface area contributed by atoms with Crippen LogP contribution < -0.4 is 0 Å². The molecule has 0 aromatic rings. The van der Waals surface area contributed by atoms with Crippen LogP contribution in [0, 0.1) is 0 Å². The molecule has 0 bridgehead atoms. The Morgan fingerprint density at radius 3 is 1.77 bits per heavy atom. The third kappa shape index (κ3) is 24.2. The van der Waals surface area contributed by atoms with Gasteiger partial charge in [-0.1, -0.05) is 90.4 Å². The van der Waals surface area contributed by atoms with Crippen molar-refractivity contribution in [1.82, 2.24) is 4.90 Å². The summed E-state index contributed by atoms with van der Waals surface area (Å²) in [6, 6.07) is 0. The Bertz CT molecular complexity index is 398. The van der Waals surface area contributed by atoms with E-state index in [1.54, 1.807) is 0 Å². The SMILES string of the molecule is CCCCCCCCCCCCCCCCC(COP(O)OCCN(C)C)OC(C)=O. The molecule has 0 fully saturated rings. The molecule has 7 heteroatoms. The monoisotopic (exact) mass is 463 g/mol. The number of hydrogen-bond donors (Lipinski definition) is 1. The van der Waals surface area contributed by atoms with E-state index in [-0.39, 0.29) is 18.7 Å². The van der Waals surface area contributed by atoms with E-state index in [0.29, 0.717) is 6.61 Å². The predicted molar refractivity (Wildman–Crippen MR) is 130 cm³/mol. The lowest BCUT2D eigenvalue weighted by atomic mass is 10.0. The number of esters is 1.